The van der Waals surface area contributed by atoms with Gasteiger partial charge in [0.05, 0.1) is 35.8 Å². The Kier molecular flexibility index (Phi) is 8.71. The normalized spacial score (nSPS) is 14.9. The number of amides is 2. The van der Waals surface area contributed by atoms with Crippen molar-refractivity contribution in [1.82, 2.24) is 15.2 Å². The van der Waals surface area contributed by atoms with E-state index in [1.54, 1.807) is 18.2 Å². The highest BCUT2D eigenvalue weighted by Crippen LogP contribution is 2.34. The van der Waals surface area contributed by atoms with Crippen molar-refractivity contribution in [3.8, 4) is 17.0 Å². The van der Waals surface area contributed by atoms with E-state index >= 15 is 0 Å². The maximum absolute atomic E-state index is 13.1. The number of alkyl halides is 3. The number of esters is 1. The molecule has 1 fully saturated rings. The Morgan fingerprint density at radius 3 is 2.41 bits per heavy atom. The number of carbonyl (C=O) groups is 4. The first-order valence-electron chi connectivity index (χ1n) is 12.9. The Hall–Kier alpha value is -5.11. The lowest BCUT2D eigenvalue weighted by molar-refractivity contribution is -0.137. The van der Waals surface area contributed by atoms with Gasteiger partial charge >= 0.3 is 12.1 Å². The van der Waals surface area contributed by atoms with Crippen LogP contribution in [0.3, 0.4) is 0 Å². The van der Waals surface area contributed by atoms with Crippen LogP contribution in [-0.2, 0) is 20.5 Å². The lowest BCUT2D eigenvalue weighted by Crippen LogP contribution is -2.31. The lowest BCUT2D eigenvalue weighted by atomic mass is 10.1. The number of carbonyl (C=O) groups excluding carboxylic acids is 4. The summed E-state index contributed by atoms with van der Waals surface area (Å²) >= 11 is 0.905. The second-order valence-electron chi connectivity index (χ2n) is 9.36. The topological polar surface area (TPSA) is 129 Å². The SMILES string of the molecule is COc1cccc(C(=O)COC(=O)c2ccc(N3C(=O)CC(Sc4nncc(-c5ccc(C(F)(F)F)cc5)n4)C3=O)cc2)c1. The summed E-state index contributed by atoms with van der Waals surface area (Å²) in [7, 11) is 1.47. The van der Waals surface area contributed by atoms with Gasteiger partial charge in [0, 0.05) is 17.5 Å². The van der Waals surface area contributed by atoms with Crippen LogP contribution >= 0.6 is 11.8 Å². The molecule has 1 atom stereocenters. The van der Waals surface area contributed by atoms with Crippen molar-refractivity contribution in [2.24, 2.45) is 0 Å². The predicted molar refractivity (Wildman–Crippen MR) is 151 cm³/mol. The van der Waals surface area contributed by atoms with Crippen LogP contribution in [0.1, 0.15) is 32.7 Å². The first-order valence-corrected chi connectivity index (χ1v) is 13.8. The number of thioether (sulfide) groups is 1. The molecule has 1 saturated heterocycles. The molecule has 5 rings (SSSR count). The van der Waals surface area contributed by atoms with Gasteiger partial charge in [-0.3, -0.25) is 14.4 Å². The number of nitrogens with zero attached hydrogens (tertiary/aromatic N) is 4. The molecule has 0 bridgehead atoms. The molecule has 1 aromatic heterocycles. The maximum Gasteiger partial charge on any atom is 0.416 e. The summed E-state index contributed by atoms with van der Waals surface area (Å²) in [5.74, 6) is -1.73. The lowest BCUT2D eigenvalue weighted by Gasteiger charge is -2.15. The third-order valence-corrected chi connectivity index (χ3v) is 7.52. The van der Waals surface area contributed by atoms with E-state index in [4.69, 9.17) is 9.47 Å². The summed E-state index contributed by atoms with van der Waals surface area (Å²) in [4.78, 5) is 56.1. The fourth-order valence-corrected chi connectivity index (χ4v) is 5.17. The molecule has 0 spiro atoms. The second kappa shape index (κ2) is 12.6. The minimum atomic E-state index is -4.48. The summed E-state index contributed by atoms with van der Waals surface area (Å²) in [6, 6.07) is 16.3. The van der Waals surface area contributed by atoms with Gasteiger partial charge in [0.15, 0.2) is 12.4 Å². The molecule has 4 aromatic rings. The van der Waals surface area contributed by atoms with Gasteiger partial charge in [0.1, 0.15) is 11.0 Å². The molecule has 0 N–H and O–H groups in total. The van der Waals surface area contributed by atoms with Crippen LogP contribution < -0.4 is 9.64 Å². The molecule has 1 unspecified atom stereocenters. The fraction of sp³-hybridized carbons (Fsp3) is 0.167. The minimum absolute atomic E-state index is 0.0667. The number of halogens is 3. The molecule has 1 aliphatic rings. The van der Waals surface area contributed by atoms with Crippen molar-refractivity contribution in [2.45, 2.75) is 23.0 Å². The molecular formula is C30H21F3N4O6S. The van der Waals surface area contributed by atoms with Gasteiger partial charge in [0.25, 0.3) is 0 Å². The first kappa shape index (κ1) is 30.4. The third-order valence-electron chi connectivity index (χ3n) is 6.49. The molecule has 3 aromatic carbocycles. The molecule has 10 nitrogen and oxygen atoms in total. The number of benzene rings is 3. The van der Waals surface area contributed by atoms with Gasteiger partial charge in [-0.1, -0.05) is 36.0 Å². The average molecular weight is 623 g/mol. The highest BCUT2D eigenvalue weighted by molar-refractivity contribution is 8.00. The molecule has 0 aliphatic carbocycles. The van der Waals surface area contributed by atoms with Crippen LogP contribution in [0.4, 0.5) is 18.9 Å². The van der Waals surface area contributed by atoms with Crippen LogP contribution in [0.5, 0.6) is 5.75 Å². The molecule has 1 aliphatic heterocycles. The van der Waals surface area contributed by atoms with Gasteiger partial charge < -0.3 is 9.47 Å². The summed E-state index contributed by atoms with van der Waals surface area (Å²) in [6.07, 6.45) is -3.36. The van der Waals surface area contributed by atoms with Crippen LogP contribution in [0.2, 0.25) is 0 Å². The highest BCUT2D eigenvalue weighted by Gasteiger charge is 2.41. The quantitative estimate of drug-likeness (QED) is 0.142. The molecule has 2 heterocycles. The van der Waals surface area contributed by atoms with Crippen LogP contribution in [0, 0.1) is 0 Å². The predicted octanol–water partition coefficient (Wildman–Crippen LogP) is 5.03. The molecule has 2 amide bonds. The molecule has 224 valence electrons. The van der Waals surface area contributed by atoms with E-state index in [0.29, 0.717) is 16.9 Å². The monoisotopic (exact) mass is 622 g/mol. The molecule has 14 heteroatoms. The number of ether oxygens (including phenoxy) is 2. The third kappa shape index (κ3) is 6.75. The molecule has 0 radical (unpaired) electrons. The number of hydrogen-bond donors (Lipinski definition) is 0. The van der Waals surface area contributed by atoms with Crippen molar-refractivity contribution < 1.29 is 41.8 Å². The second-order valence-corrected chi connectivity index (χ2v) is 10.5. The Morgan fingerprint density at radius 1 is 1.00 bits per heavy atom. The summed E-state index contributed by atoms with van der Waals surface area (Å²) < 4.78 is 48.9. The average Bonchev–Trinajstić information content (AvgIpc) is 3.31. The van der Waals surface area contributed by atoms with Crippen molar-refractivity contribution in [1.29, 1.82) is 0 Å². The van der Waals surface area contributed by atoms with E-state index in [1.807, 2.05) is 0 Å². The van der Waals surface area contributed by atoms with E-state index in [1.165, 1.54) is 55.8 Å². The number of aromatic nitrogens is 3. The fourth-order valence-electron chi connectivity index (χ4n) is 4.24. The first-order chi connectivity index (χ1) is 21.0. The Balaban J connectivity index is 1.21. The van der Waals surface area contributed by atoms with Crippen LogP contribution in [0.15, 0.2) is 84.1 Å². The molecule has 44 heavy (non-hydrogen) atoms. The number of hydrogen-bond acceptors (Lipinski definition) is 10. The largest absolute Gasteiger partial charge is 0.497 e. The van der Waals surface area contributed by atoms with Crippen molar-refractivity contribution >= 4 is 41.0 Å². The summed E-state index contributed by atoms with van der Waals surface area (Å²) in [5.41, 5.74) is 0.461. The van der Waals surface area contributed by atoms with Crippen molar-refractivity contribution in [3.63, 3.8) is 0 Å². The number of imide groups is 1. The van der Waals surface area contributed by atoms with Gasteiger partial charge in [-0.2, -0.15) is 18.3 Å². The van der Waals surface area contributed by atoms with Crippen LogP contribution in [0.25, 0.3) is 11.3 Å². The zero-order valence-corrected chi connectivity index (χ0v) is 23.6. The van der Waals surface area contributed by atoms with Crippen LogP contribution in [-0.4, -0.2) is 57.7 Å². The van der Waals surface area contributed by atoms with Crippen molar-refractivity contribution in [2.75, 3.05) is 18.6 Å². The zero-order chi connectivity index (χ0) is 31.4. The zero-order valence-electron chi connectivity index (χ0n) is 22.8. The molecular weight excluding hydrogens is 601 g/mol. The van der Waals surface area contributed by atoms with Gasteiger partial charge in [-0.25, -0.2) is 14.7 Å². The summed E-state index contributed by atoms with van der Waals surface area (Å²) in [5, 5.41) is 6.92. The van der Waals surface area contributed by atoms with E-state index in [-0.39, 0.29) is 28.5 Å². The number of anilines is 1. The number of ketones is 1. The Labute approximate surface area is 252 Å². The van der Waals surface area contributed by atoms with E-state index in [2.05, 4.69) is 15.2 Å². The number of methoxy groups -OCH3 is 1. The minimum Gasteiger partial charge on any atom is -0.497 e. The van der Waals surface area contributed by atoms with Crippen molar-refractivity contribution in [3.05, 3.63) is 95.7 Å². The van der Waals surface area contributed by atoms with E-state index in [9.17, 15) is 32.3 Å². The van der Waals surface area contributed by atoms with Gasteiger partial charge in [-0.15, -0.1) is 5.10 Å². The standard InChI is InChI=1S/C30H21F3N4O6S/c1-42-22-4-2-3-19(13-22)24(38)16-43-28(41)18-7-11-21(12-8-18)37-26(39)14-25(27(37)40)44-29-35-23(15-34-36-29)17-5-9-20(10-6-17)30(31,32)33/h2-13,15,25H,14,16H2,1H3. The van der Waals surface area contributed by atoms with Gasteiger partial charge in [-0.05, 0) is 48.5 Å². The van der Waals surface area contributed by atoms with Gasteiger partial charge in [0.2, 0.25) is 17.0 Å². The number of Topliss-reactive ketones (excluding diaryl/α,β-unsaturated/α-hetero) is 1. The Morgan fingerprint density at radius 2 is 1.73 bits per heavy atom. The molecule has 0 saturated carbocycles. The number of rotatable bonds is 9. The van der Waals surface area contributed by atoms with E-state index in [0.717, 1.165) is 28.8 Å². The van der Waals surface area contributed by atoms with E-state index < -0.39 is 47.2 Å². The summed E-state index contributed by atoms with van der Waals surface area (Å²) in [6.45, 7) is -0.493. The smallest absolute Gasteiger partial charge is 0.416 e. The Bertz CT molecular complexity index is 1730. The maximum atomic E-state index is 13.1. The highest BCUT2D eigenvalue weighted by atomic mass is 32.2.